The van der Waals surface area contributed by atoms with Crippen LogP contribution in [0.15, 0.2) is 42.7 Å². The molecule has 0 bridgehead atoms. The molecule has 1 amide bonds. The van der Waals surface area contributed by atoms with E-state index >= 15 is 0 Å². The summed E-state index contributed by atoms with van der Waals surface area (Å²) in [5.74, 6) is 0.746. The minimum atomic E-state index is 0.0255. The molecule has 1 saturated carbocycles. The molecule has 1 unspecified atom stereocenters. The van der Waals surface area contributed by atoms with Crippen molar-refractivity contribution in [2.24, 2.45) is 7.05 Å². The fourth-order valence-electron chi connectivity index (χ4n) is 4.33. The molecule has 1 atom stereocenters. The van der Waals surface area contributed by atoms with Crippen LogP contribution in [0.4, 0.5) is 0 Å². The Morgan fingerprint density at radius 1 is 1.25 bits per heavy atom. The van der Waals surface area contributed by atoms with Crippen LogP contribution < -0.4 is 0 Å². The maximum absolute atomic E-state index is 13.3. The predicted molar refractivity (Wildman–Crippen MR) is 106 cm³/mol. The van der Waals surface area contributed by atoms with E-state index in [2.05, 4.69) is 35.3 Å². The molecule has 0 N–H and O–H groups in total. The highest BCUT2D eigenvalue weighted by Gasteiger charge is 2.33. The van der Waals surface area contributed by atoms with Crippen molar-refractivity contribution in [3.05, 3.63) is 70.8 Å². The lowest BCUT2D eigenvalue weighted by molar-refractivity contribution is 0.0718. The Hall–Kier alpha value is -2.89. The summed E-state index contributed by atoms with van der Waals surface area (Å²) in [6.45, 7) is 4.17. The van der Waals surface area contributed by atoms with Crippen LogP contribution in [0.3, 0.4) is 0 Å². The molecule has 0 saturated heterocycles. The highest BCUT2D eigenvalue weighted by molar-refractivity contribution is 5.92. The molecule has 3 aromatic rings. The van der Waals surface area contributed by atoms with Crippen LogP contribution in [0, 0.1) is 0 Å². The summed E-state index contributed by atoms with van der Waals surface area (Å²) in [5.41, 5.74) is 5.43. The van der Waals surface area contributed by atoms with Crippen LogP contribution in [-0.2, 0) is 20.1 Å². The monoisotopic (exact) mass is 375 g/mol. The predicted octanol–water partition coefficient (Wildman–Crippen LogP) is 3.30. The van der Waals surface area contributed by atoms with Crippen molar-refractivity contribution in [1.82, 2.24) is 24.5 Å². The van der Waals surface area contributed by atoms with Crippen LogP contribution in [0.1, 0.15) is 64.5 Å². The Morgan fingerprint density at radius 3 is 2.79 bits per heavy atom. The molecular formula is C22H25N5O. The number of carbonyl (C=O) groups excluding carboxylic acids is 1. The van der Waals surface area contributed by atoms with E-state index in [1.807, 2.05) is 45.8 Å². The Balaban J connectivity index is 1.48. The van der Waals surface area contributed by atoms with Crippen molar-refractivity contribution >= 4 is 5.91 Å². The first-order valence-electron chi connectivity index (χ1n) is 10.1. The first kappa shape index (κ1) is 17.2. The summed E-state index contributed by atoms with van der Waals surface area (Å²) >= 11 is 0. The second-order valence-electron chi connectivity index (χ2n) is 7.93. The molecule has 0 spiro atoms. The summed E-state index contributed by atoms with van der Waals surface area (Å²) in [5, 5.41) is 8.97. The van der Waals surface area contributed by atoms with Crippen LogP contribution in [-0.4, -0.2) is 36.9 Å². The third-order valence-corrected chi connectivity index (χ3v) is 5.93. The molecule has 6 heteroatoms. The molecule has 1 aliphatic carbocycles. The fourth-order valence-corrected chi connectivity index (χ4v) is 4.33. The zero-order valence-electron chi connectivity index (χ0n) is 16.4. The zero-order chi connectivity index (χ0) is 19.3. The van der Waals surface area contributed by atoms with Crippen LogP contribution >= 0.6 is 0 Å². The standard InChI is InChI=1S/C22H25N5O/c1-3-27-21(15-8-9-15)10-20(24-27)22(28)26-13-16-6-4-5-7-18(16)19(14-26)17-11-23-25(2)12-17/h4-7,10-12,15,19H,3,8-9,13-14H2,1-2H3. The van der Waals surface area contributed by atoms with E-state index in [0.29, 0.717) is 24.7 Å². The topological polar surface area (TPSA) is 56.0 Å². The van der Waals surface area contributed by atoms with Gasteiger partial charge in [-0.15, -0.1) is 0 Å². The van der Waals surface area contributed by atoms with Crippen molar-refractivity contribution in [3.63, 3.8) is 0 Å². The quantitative estimate of drug-likeness (QED) is 0.703. The first-order valence-corrected chi connectivity index (χ1v) is 10.1. The van der Waals surface area contributed by atoms with E-state index < -0.39 is 0 Å². The van der Waals surface area contributed by atoms with E-state index in [4.69, 9.17) is 0 Å². The molecule has 1 fully saturated rings. The third kappa shape index (κ3) is 2.93. The summed E-state index contributed by atoms with van der Waals surface area (Å²) in [6.07, 6.45) is 6.37. The van der Waals surface area contributed by atoms with Gasteiger partial charge in [-0.05, 0) is 42.5 Å². The van der Waals surface area contributed by atoms with E-state index in [1.54, 1.807) is 0 Å². The Bertz CT molecular complexity index is 1030. The molecule has 1 aromatic carbocycles. The Labute approximate surface area is 164 Å². The number of benzene rings is 1. The van der Waals surface area contributed by atoms with Crippen LogP contribution in [0.25, 0.3) is 0 Å². The number of carbonyl (C=O) groups is 1. The molecule has 1 aliphatic heterocycles. The fraction of sp³-hybridized carbons (Fsp3) is 0.409. The first-order chi connectivity index (χ1) is 13.6. The summed E-state index contributed by atoms with van der Waals surface area (Å²) in [4.78, 5) is 15.3. The Kier molecular flexibility index (Phi) is 4.07. The number of hydrogen-bond donors (Lipinski definition) is 0. The minimum absolute atomic E-state index is 0.0255. The van der Waals surface area contributed by atoms with Crippen molar-refractivity contribution in [2.75, 3.05) is 6.54 Å². The number of aromatic nitrogens is 4. The third-order valence-electron chi connectivity index (χ3n) is 5.93. The molecule has 5 rings (SSSR count). The van der Waals surface area contributed by atoms with Gasteiger partial charge in [0.1, 0.15) is 0 Å². The molecule has 2 aliphatic rings. The molecule has 144 valence electrons. The SMILES string of the molecule is CCn1nc(C(=O)N2Cc3ccccc3C(c3cnn(C)c3)C2)cc1C1CC1. The van der Waals surface area contributed by atoms with Gasteiger partial charge in [-0.1, -0.05) is 24.3 Å². The van der Waals surface area contributed by atoms with Crippen molar-refractivity contribution in [2.45, 2.75) is 44.7 Å². The lowest BCUT2D eigenvalue weighted by Gasteiger charge is -2.34. The smallest absolute Gasteiger partial charge is 0.274 e. The van der Waals surface area contributed by atoms with Crippen LogP contribution in [0.2, 0.25) is 0 Å². The lowest BCUT2D eigenvalue weighted by Crippen LogP contribution is -2.38. The summed E-state index contributed by atoms with van der Waals surface area (Å²) in [7, 11) is 1.93. The van der Waals surface area contributed by atoms with Gasteiger partial charge >= 0.3 is 0 Å². The van der Waals surface area contributed by atoms with Gasteiger partial charge in [0.05, 0.1) is 6.20 Å². The van der Waals surface area contributed by atoms with E-state index in [0.717, 1.165) is 12.1 Å². The van der Waals surface area contributed by atoms with Crippen molar-refractivity contribution in [3.8, 4) is 0 Å². The number of hydrogen-bond acceptors (Lipinski definition) is 3. The number of amides is 1. The zero-order valence-corrected chi connectivity index (χ0v) is 16.4. The number of rotatable bonds is 4. The van der Waals surface area contributed by atoms with Gasteiger partial charge < -0.3 is 4.90 Å². The van der Waals surface area contributed by atoms with Crippen molar-refractivity contribution in [1.29, 1.82) is 0 Å². The van der Waals surface area contributed by atoms with Gasteiger partial charge in [0.15, 0.2) is 5.69 Å². The second-order valence-corrected chi connectivity index (χ2v) is 7.93. The molecule has 0 radical (unpaired) electrons. The van der Waals surface area contributed by atoms with E-state index in [1.165, 1.54) is 29.7 Å². The molecule has 28 heavy (non-hydrogen) atoms. The lowest BCUT2D eigenvalue weighted by atomic mass is 9.86. The molecule has 2 aromatic heterocycles. The van der Waals surface area contributed by atoms with Gasteiger partial charge in [0, 0.05) is 50.4 Å². The average Bonchev–Trinajstić information content (AvgIpc) is 3.33. The van der Waals surface area contributed by atoms with Gasteiger partial charge in [0.2, 0.25) is 0 Å². The average molecular weight is 375 g/mol. The number of fused-ring (bicyclic) bond motifs is 1. The number of nitrogens with zero attached hydrogens (tertiary/aromatic N) is 5. The molecular weight excluding hydrogens is 350 g/mol. The van der Waals surface area contributed by atoms with Crippen LogP contribution in [0.5, 0.6) is 0 Å². The van der Waals surface area contributed by atoms with Crippen molar-refractivity contribution < 1.29 is 4.79 Å². The van der Waals surface area contributed by atoms with Gasteiger partial charge in [-0.2, -0.15) is 10.2 Å². The highest BCUT2D eigenvalue weighted by Crippen LogP contribution is 2.40. The van der Waals surface area contributed by atoms with Gasteiger partial charge in [-0.3, -0.25) is 14.2 Å². The Morgan fingerprint density at radius 2 is 2.07 bits per heavy atom. The molecule has 3 heterocycles. The van der Waals surface area contributed by atoms with Gasteiger partial charge in [0.25, 0.3) is 5.91 Å². The largest absolute Gasteiger partial charge is 0.332 e. The maximum Gasteiger partial charge on any atom is 0.274 e. The highest BCUT2D eigenvalue weighted by atomic mass is 16.2. The van der Waals surface area contributed by atoms with E-state index in [-0.39, 0.29) is 11.8 Å². The second kappa shape index (κ2) is 6.62. The summed E-state index contributed by atoms with van der Waals surface area (Å²) < 4.78 is 3.82. The number of aryl methyl sites for hydroxylation is 2. The maximum atomic E-state index is 13.3. The minimum Gasteiger partial charge on any atom is -0.332 e. The van der Waals surface area contributed by atoms with E-state index in [9.17, 15) is 4.79 Å². The normalized spacial score (nSPS) is 18.9. The van der Waals surface area contributed by atoms with Gasteiger partial charge in [-0.25, -0.2) is 0 Å². The summed E-state index contributed by atoms with van der Waals surface area (Å²) in [6, 6.07) is 10.4. The molecule has 6 nitrogen and oxygen atoms in total.